The minimum atomic E-state index is -4.69. The molecule has 0 spiro atoms. The Morgan fingerprint density at radius 3 is 2.90 bits per heavy atom. The smallest absolute Gasteiger partial charge is 0.434 e. The van der Waals surface area contributed by atoms with Gasteiger partial charge in [0, 0.05) is 17.8 Å². The second kappa shape index (κ2) is 7.73. The minimum absolute atomic E-state index is 0.348. The summed E-state index contributed by atoms with van der Waals surface area (Å²) in [5.74, 6) is 0.452. The van der Waals surface area contributed by atoms with Gasteiger partial charge in [-0.2, -0.15) is 13.2 Å². The standard InChI is InChI=1S/C19H16F3N5O3/c1-29-15-7-10(5-6-24-15)18-27-12-4-2-3-11(16(12)30-18)26-17(28)13-8-23-9-14(25-13)19(20,21)22/h5-9,11H,2-4H2,1H3,(H,26,28)/t11-/m1/s1. The van der Waals surface area contributed by atoms with Crippen molar-refractivity contribution in [2.75, 3.05) is 7.11 Å². The highest BCUT2D eigenvalue weighted by Gasteiger charge is 2.34. The normalized spacial score (nSPS) is 16.1. The summed E-state index contributed by atoms with van der Waals surface area (Å²) >= 11 is 0. The molecular weight excluding hydrogens is 403 g/mol. The van der Waals surface area contributed by atoms with Crippen LogP contribution in [0.4, 0.5) is 13.2 Å². The van der Waals surface area contributed by atoms with Crippen LogP contribution < -0.4 is 10.1 Å². The first-order valence-electron chi connectivity index (χ1n) is 9.05. The molecule has 0 aliphatic heterocycles. The molecule has 11 heteroatoms. The van der Waals surface area contributed by atoms with Crippen molar-refractivity contribution >= 4 is 5.91 Å². The Morgan fingerprint density at radius 1 is 1.30 bits per heavy atom. The van der Waals surface area contributed by atoms with Crippen LogP contribution in [0.3, 0.4) is 0 Å². The summed E-state index contributed by atoms with van der Waals surface area (Å²) in [5.41, 5.74) is -0.304. The number of pyridine rings is 1. The predicted octanol–water partition coefficient (Wildman–Crippen LogP) is 3.36. The van der Waals surface area contributed by atoms with Crippen molar-refractivity contribution in [1.29, 1.82) is 0 Å². The van der Waals surface area contributed by atoms with E-state index < -0.39 is 29.5 Å². The highest BCUT2D eigenvalue weighted by molar-refractivity contribution is 5.92. The number of halogens is 3. The molecule has 3 aromatic rings. The summed E-state index contributed by atoms with van der Waals surface area (Å²) in [6.07, 6.45) is 0.383. The van der Waals surface area contributed by atoms with Crippen LogP contribution in [0, 0.1) is 0 Å². The predicted molar refractivity (Wildman–Crippen MR) is 96.5 cm³/mol. The van der Waals surface area contributed by atoms with Gasteiger partial charge in [-0.15, -0.1) is 0 Å². The van der Waals surface area contributed by atoms with Gasteiger partial charge < -0.3 is 14.5 Å². The van der Waals surface area contributed by atoms with Crippen molar-refractivity contribution in [2.24, 2.45) is 0 Å². The molecule has 1 amide bonds. The summed E-state index contributed by atoms with van der Waals surface area (Å²) in [7, 11) is 1.49. The van der Waals surface area contributed by atoms with Crippen molar-refractivity contribution in [1.82, 2.24) is 25.3 Å². The molecule has 0 saturated carbocycles. The molecule has 156 valence electrons. The molecule has 0 aromatic carbocycles. The van der Waals surface area contributed by atoms with E-state index in [4.69, 9.17) is 9.15 Å². The largest absolute Gasteiger partial charge is 0.481 e. The first-order chi connectivity index (χ1) is 14.3. The van der Waals surface area contributed by atoms with Crippen molar-refractivity contribution in [3.63, 3.8) is 0 Å². The second-order valence-electron chi connectivity index (χ2n) is 6.62. The SMILES string of the molecule is COc1cc(-c2nc3c(o2)[C@H](NC(=O)c2cncc(C(F)(F)F)n2)CCC3)ccn1. The molecule has 8 nitrogen and oxygen atoms in total. The topological polar surface area (TPSA) is 103 Å². The number of nitrogens with zero attached hydrogens (tertiary/aromatic N) is 4. The van der Waals surface area contributed by atoms with Gasteiger partial charge in [0.2, 0.25) is 11.8 Å². The lowest BCUT2D eigenvalue weighted by molar-refractivity contribution is -0.141. The first kappa shape index (κ1) is 19.8. The average molecular weight is 419 g/mol. The van der Waals surface area contributed by atoms with Gasteiger partial charge in [-0.05, 0) is 25.3 Å². The van der Waals surface area contributed by atoms with Gasteiger partial charge in [-0.1, -0.05) is 0 Å². The van der Waals surface area contributed by atoms with E-state index in [1.54, 1.807) is 18.3 Å². The van der Waals surface area contributed by atoms with Gasteiger partial charge in [0.25, 0.3) is 5.91 Å². The fraction of sp³-hybridized carbons (Fsp3) is 0.316. The van der Waals surface area contributed by atoms with E-state index in [1.807, 2.05) is 0 Å². The van der Waals surface area contributed by atoms with Crippen LogP contribution in [-0.4, -0.2) is 33.0 Å². The Labute approximate surface area is 168 Å². The fourth-order valence-electron chi connectivity index (χ4n) is 3.18. The number of rotatable bonds is 4. The van der Waals surface area contributed by atoms with E-state index in [0.29, 0.717) is 47.8 Å². The van der Waals surface area contributed by atoms with E-state index in [2.05, 4.69) is 25.3 Å². The molecule has 3 aromatic heterocycles. The van der Waals surface area contributed by atoms with E-state index in [0.717, 1.165) is 12.6 Å². The number of fused-ring (bicyclic) bond motifs is 1. The van der Waals surface area contributed by atoms with Gasteiger partial charge in [-0.3, -0.25) is 9.78 Å². The van der Waals surface area contributed by atoms with Crippen molar-refractivity contribution in [3.05, 3.63) is 53.6 Å². The van der Waals surface area contributed by atoms with E-state index >= 15 is 0 Å². The number of aromatic nitrogens is 4. The van der Waals surface area contributed by atoms with Gasteiger partial charge in [0.15, 0.2) is 5.69 Å². The van der Waals surface area contributed by atoms with Crippen molar-refractivity contribution < 1.29 is 27.1 Å². The maximum absolute atomic E-state index is 12.8. The number of oxazole rings is 1. The van der Waals surface area contributed by atoms with Gasteiger partial charge in [0.1, 0.15) is 11.5 Å². The molecule has 4 rings (SSSR count). The van der Waals surface area contributed by atoms with Crippen LogP contribution in [-0.2, 0) is 12.6 Å². The summed E-state index contributed by atoms with van der Waals surface area (Å²) in [4.78, 5) is 27.9. The second-order valence-corrected chi connectivity index (χ2v) is 6.62. The lowest BCUT2D eigenvalue weighted by atomic mass is 9.97. The van der Waals surface area contributed by atoms with Gasteiger partial charge in [-0.25, -0.2) is 15.0 Å². The fourth-order valence-corrected chi connectivity index (χ4v) is 3.18. The number of ether oxygens (including phenoxy) is 1. The number of carbonyl (C=O) groups excluding carboxylic acids is 1. The molecule has 30 heavy (non-hydrogen) atoms. The van der Waals surface area contributed by atoms with E-state index in [1.165, 1.54) is 7.11 Å². The lowest BCUT2D eigenvalue weighted by Gasteiger charge is -2.21. The quantitative estimate of drug-likeness (QED) is 0.692. The Hall–Kier alpha value is -3.50. The summed E-state index contributed by atoms with van der Waals surface area (Å²) in [5, 5.41) is 2.68. The van der Waals surface area contributed by atoms with E-state index in [-0.39, 0.29) is 0 Å². The van der Waals surface area contributed by atoms with Crippen molar-refractivity contribution in [3.8, 4) is 17.3 Å². The van der Waals surface area contributed by atoms with Gasteiger partial charge in [0.05, 0.1) is 31.2 Å². The highest BCUT2D eigenvalue weighted by Crippen LogP contribution is 2.34. The number of aryl methyl sites for hydroxylation is 1. The summed E-state index contributed by atoms with van der Waals surface area (Å²) in [6, 6.07) is 2.84. The Kier molecular flexibility index (Phi) is 5.10. The zero-order valence-electron chi connectivity index (χ0n) is 15.7. The zero-order chi connectivity index (χ0) is 21.3. The average Bonchev–Trinajstić information content (AvgIpc) is 3.19. The number of alkyl halides is 3. The Morgan fingerprint density at radius 2 is 2.13 bits per heavy atom. The maximum Gasteiger partial charge on any atom is 0.434 e. The van der Waals surface area contributed by atoms with Crippen LogP contribution in [0.15, 0.2) is 35.1 Å². The number of amides is 1. The van der Waals surface area contributed by atoms with Crippen LogP contribution in [0.25, 0.3) is 11.5 Å². The monoisotopic (exact) mass is 419 g/mol. The molecule has 0 unspecified atom stereocenters. The molecule has 1 atom stereocenters. The third-order valence-corrected chi connectivity index (χ3v) is 4.60. The first-order valence-corrected chi connectivity index (χ1v) is 9.05. The number of carbonyl (C=O) groups is 1. The van der Waals surface area contributed by atoms with Crippen LogP contribution in [0.1, 0.15) is 46.5 Å². The molecule has 0 bridgehead atoms. The molecule has 0 saturated heterocycles. The van der Waals surface area contributed by atoms with Gasteiger partial charge >= 0.3 is 6.18 Å². The molecule has 1 aliphatic carbocycles. The molecular formula is C19H16F3N5O3. The Balaban J connectivity index is 1.58. The minimum Gasteiger partial charge on any atom is -0.481 e. The number of methoxy groups -OCH3 is 1. The molecule has 1 N–H and O–H groups in total. The van der Waals surface area contributed by atoms with E-state index in [9.17, 15) is 18.0 Å². The highest BCUT2D eigenvalue weighted by atomic mass is 19.4. The van der Waals surface area contributed by atoms with Crippen molar-refractivity contribution in [2.45, 2.75) is 31.5 Å². The number of hydrogen-bond acceptors (Lipinski definition) is 7. The third-order valence-electron chi connectivity index (χ3n) is 4.60. The maximum atomic E-state index is 12.8. The summed E-state index contributed by atoms with van der Waals surface area (Å²) in [6.45, 7) is 0. The number of nitrogens with one attached hydrogen (secondary N) is 1. The zero-order valence-corrected chi connectivity index (χ0v) is 15.7. The third kappa shape index (κ3) is 3.95. The molecule has 3 heterocycles. The van der Waals surface area contributed by atoms with Crippen LogP contribution in [0.5, 0.6) is 5.88 Å². The summed E-state index contributed by atoms with van der Waals surface area (Å²) < 4.78 is 49.5. The van der Waals surface area contributed by atoms with Crippen LogP contribution >= 0.6 is 0 Å². The molecule has 0 fully saturated rings. The Bertz CT molecular complexity index is 1080. The number of hydrogen-bond donors (Lipinski definition) is 1. The molecule has 1 aliphatic rings. The molecule has 0 radical (unpaired) electrons. The lowest BCUT2D eigenvalue weighted by Crippen LogP contribution is -2.31. The van der Waals surface area contributed by atoms with Crippen LogP contribution in [0.2, 0.25) is 0 Å².